The minimum absolute atomic E-state index is 0.189. The molecule has 0 saturated carbocycles. The second-order valence-corrected chi connectivity index (χ2v) is 5.35. The van der Waals surface area contributed by atoms with Crippen molar-refractivity contribution in [1.29, 1.82) is 5.26 Å². The minimum Gasteiger partial charge on any atom is -0.493 e. The van der Waals surface area contributed by atoms with Crippen LogP contribution in [0.2, 0.25) is 0 Å². The average Bonchev–Trinajstić information content (AvgIpc) is 2.55. The zero-order chi connectivity index (χ0) is 14.7. The van der Waals surface area contributed by atoms with Crippen LogP contribution in [0.3, 0.4) is 0 Å². The number of nitrogens with zero attached hydrogens (tertiary/aromatic N) is 1. The standard InChI is InChI=1S/C18H18N2O/c1-13(15-6-4-5-14(11-15)12-19)20-17-9-10-21-18-8-3-2-7-16(17)18/h2-8,11,13,17,20H,9-10H2,1H3. The van der Waals surface area contributed by atoms with Crippen LogP contribution in [0.5, 0.6) is 5.75 Å². The van der Waals surface area contributed by atoms with E-state index in [-0.39, 0.29) is 12.1 Å². The number of rotatable bonds is 3. The quantitative estimate of drug-likeness (QED) is 0.930. The fourth-order valence-corrected chi connectivity index (χ4v) is 2.79. The van der Waals surface area contributed by atoms with Crippen LogP contribution in [0, 0.1) is 11.3 Å². The molecule has 3 heteroatoms. The van der Waals surface area contributed by atoms with Crippen molar-refractivity contribution in [3.8, 4) is 11.8 Å². The summed E-state index contributed by atoms with van der Waals surface area (Å²) in [6, 6.07) is 18.6. The molecule has 1 aliphatic rings. The lowest BCUT2D eigenvalue weighted by molar-refractivity contribution is 0.246. The number of para-hydroxylation sites is 1. The molecule has 2 atom stereocenters. The summed E-state index contributed by atoms with van der Waals surface area (Å²) in [6.45, 7) is 2.87. The van der Waals surface area contributed by atoms with E-state index in [0.29, 0.717) is 5.56 Å². The molecule has 2 aromatic carbocycles. The van der Waals surface area contributed by atoms with Gasteiger partial charge in [0.2, 0.25) is 0 Å². The van der Waals surface area contributed by atoms with Gasteiger partial charge in [0.25, 0.3) is 0 Å². The van der Waals surface area contributed by atoms with E-state index in [4.69, 9.17) is 10.00 Å². The second kappa shape index (κ2) is 5.99. The first-order valence-electron chi connectivity index (χ1n) is 7.26. The van der Waals surface area contributed by atoms with E-state index in [1.165, 1.54) is 5.56 Å². The van der Waals surface area contributed by atoms with E-state index in [0.717, 1.165) is 24.3 Å². The molecule has 0 amide bonds. The number of nitriles is 1. The monoisotopic (exact) mass is 278 g/mol. The van der Waals surface area contributed by atoms with Gasteiger partial charge in [0, 0.05) is 24.1 Å². The first kappa shape index (κ1) is 13.7. The molecular formula is C18H18N2O. The van der Waals surface area contributed by atoms with Gasteiger partial charge in [-0.1, -0.05) is 30.3 Å². The van der Waals surface area contributed by atoms with Crippen LogP contribution in [-0.2, 0) is 0 Å². The van der Waals surface area contributed by atoms with Crippen LogP contribution < -0.4 is 10.1 Å². The molecule has 3 rings (SSSR count). The summed E-state index contributed by atoms with van der Waals surface area (Å²) in [5.41, 5.74) is 3.05. The fraction of sp³-hybridized carbons (Fsp3) is 0.278. The van der Waals surface area contributed by atoms with Crippen molar-refractivity contribution in [2.45, 2.75) is 25.4 Å². The molecule has 1 heterocycles. The smallest absolute Gasteiger partial charge is 0.124 e. The van der Waals surface area contributed by atoms with Gasteiger partial charge in [-0.3, -0.25) is 0 Å². The Hall–Kier alpha value is -2.31. The summed E-state index contributed by atoms with van der Waals surface area (Å²) in [5, 5.41) is 12.7. The summed E-state index contributed by atoms with van der Waals surface area (Å²) < 4.78 is 5.69. The lowest BCUT2D eigenvalue weighted by atomic mass is 9.98. The molecule has 2 aromatic rings. The van der Waals surface area contributed by atoms with Crippen molar-refractivity contribution in [3.05, 3.63) is 65.2 Å². The van der Waals surface area contributed by atoms with E-state index in [2.05, 4.69) is 30.4 Å². The Morgan fingerprint density at radius 1 is 1.24 bits per heavy atom. The predicted molar refractivity (Wildman–Crippen MR) is 82.0 cm³/mol. The molecule has 0 aliphatic carbocycles. The largest absolute Gasteiger partial charge is 0.493 e. The summed E-state index contributed by atoms with van der Waals surface area (Å²) in [4.78, 5) is 0. The molecular weight excluding hydrogens is 260 g/mol. The highest BCUT2D eigenvalue weighted by atomic mass is 16.5. The topological polar surface area (TPSA) is 45.0 Å². The lowest BCUT2D eigenvalue weighted by Crippen LogP contribution is -2.29. The third-order valence-corrected chi connectivity index (χ3v) is 3.93. The maximum atomic E-state index is 9.01. The molecule has 0 bridgehead atoms. The van der Waals surface area contributed by atoms with Crippen molar-refractivity contribution in [1.82, 2.24) is 5.32 Å². The molecule has 106 valence electrons. The number of benzene rings is 2. The van der Waals surface area contributed by atoms with Gasteiger partial charge >= 0.3 is 0 Å². The van der Waals surface area contributed by atoms with Gasteiger partial charge in [0.05, 0.1) is 18.2 Å². The zero-order valence-electron chi connectivity index (χ0n) is 12.0. The van der Waals surface area contributed by atoms with Crippen LogP contribution in [0.25, 0.3) is 0 Å². The molecule has 0 fully saturated rings. The van der Waals surface area contributed by atoms with Gasteiger partial charge in [-0.15, -0.1) is 0 Å². The van der Waals surface area contributed by atoms with Crippen LogP contribution in [-0.4, -0.2) is 6.61 Å². The van der Waals surface area contributed by atoms with Gasteiger partial charge < -0.3 is 10.1 Å². The summed E-state index contributed by atoms with van der Waals surface area (Å²) in [5.74, 6) is 0.972. The highest BCUT2D eigenvalue weighted by Gasteiger charge is 2.22. The van der Waals surface area contributed by atoms with Gasteiger partial charge in [-0.05, 0) is 30.7 Å². The van der Waals surface area contributed by atoms with Crippen molar-refractivity contribution in [2.75, 3.05) is 6.61 Å². The lowest BCUT2D eigenvalue weighted by Gasteiger charge is -2.29. The Bertz CT molecular complexity index is 675. The second-order valence-electron chi connectivity index (χ2n) is 5.35. The molecule has 0 spiro atoms. The number of ether oxygens (including phenoxy) is 1. The van der Waals surface area contributed by atoms with Gasteiger partial charge in [-0.25, -0.2) is 0 Å². The highest BCUT2D eigenvalue weighted by molar-refractivity contribution is 5.38. The maximum absolute atomic E-state index is 9.01. The minimum atomic E-state index is 0.189. The number of hydrogen-bond donors (Lipinski definition) is 1. The van der Waals surface area contributed by atoms with E-state index in [9.17, 15) is 0 Å². The Balaban J connectivity index is 1.79. The normalized spacial score (nSPS) is 18.2. The maximum Gasteiger partial charge on any atom is 0.124 e. The van der Waals surface area contributed by atoms with Crippen molar-refractivity contribution >= 4 is 0 Å². The molecule has 0 aromatic heterocycles. The van der Waals surface area contributed by atoms with Crippen molar-refractivity contribution in [3.63, 3.8) is 0 Å². The summed E-state index contributed by atoms with van der Waals surface area (Å²) in [6.07, 6.45) is 0.958. The molecule has 2 unspecified atom stereocenters. The van der Waals surface area contributed by atoms with Gasteiger partial charge in [-0.2, -0.15) is 5.26 Å². The Labute approximate surface area is 125 Å². The number of fused-ring (bicyclic) bond motifs is 1. The summed E-state index contributed by atoms with van der Waals surface area (Å²) >= 11 is 0. The molecule has 0 saturated heterocycles. The van der Waals surface area contributed by atoms with Gasteiger partial charge in [0.1, 0.15) is 5.75 Å². The van der Waals surface area contributed by atoms with E-state index < -0.39 is 0 Å². The van der Waals surface area contributed by atoms with Crippen LogP contribution in [0.4, 0.5) is 0 Å². The molecule has 1 aliphatic heterocycles. The predicted octanol–water partition coefficient (Wildman–Crippen LogP) is 3.73. The SMILES string of the molecule is CC(NC1CCOc2ccccc21)c1cccc(C#N)c1. The van der Waals surface area contributed by atoms with E-state index in [1.807, 2.05) is 36.4 Å². The molecule has 3 nitrogen and oxygen atoms in total. The zero-order valence-corrected chi connectivity index (χ0v) is 12.0. The number of hydrogen-bond acceptors (Lipinski definition) is 3. The Kier molecular flexibility index (Phi) is 3.89. The highest BCUT2D eigenvalue weighted by Crippen LogP contribution is 2.33. The summed E-state index contributed by atoms with van der Waals surface area (Å²) in [7, 11) is 0. The Morgan fingerprint density at radius 2 is 2.10 bits per heavy atom. The van der Waals surface area contributed by atoms with Crippen molar-refractivity contribution < 1.29 is 4.74 Å². The van der Waals surface area contributed by atoms with Crippen LogP contribution in [0.15, 0.2) is 48.5 Å². The fourth-order valence-electron chi connectivity index (χ4n) is 2.79. The Morgan fingerprint density at radius 3 is 2.95 bits per heavy atom. The molecule has 1 N–H and O–H groups in total. The van der Waals surface area contributed by atoms with Crippen molar-refractivity contribution in [2.24, 2.45) is 0 Å². The third kappa shape index (κ3) is 2.91. The van der Waals surface area contributed by atoms with E-state index in [1.54, 1.807) is 0 Å². The first-order valence-corrected chi connectivity index (χ1v) is 7.26. The van der Waals surface area contributed by atoms with Gasteiger partial charge in [0.15, 0.2) is 0 Å². The number of nitrogens with one attached hydrogen (secondary N) is 1. The van der Waals surface area contributed by atoms with Crippen LogP contribution in [0.1, 0.15) is 42.1 Å². The average molecular weight is 278 g/mol. The van der Waals surface area contributed by atoms with E-state index >= 15 is 0 Å². The molecule has 21 heavy (non-hydrogen) atoms. The van der Waals surface area contributed by atoms with Crippen LogP contribution >= 0.6 is 0 Å². The first-order chi connectivity index (χ1) is 10.3. The third-order valence-electron chi connectivity index (χ3n) is 3.93. The molecule has 0 radical (unpaired) electrons.